The van der Waals surface area contributed by atoms with Crippen LogP contribution >= 0.6 is 0 Å². The third-order valence-electron chi connectivity index (χ3n) is 2.73. The van der Waals surface area contributed by atoms with Crippen LogP contribution in [0.4, 0.5) is 18.0 Å². The van der Waals surface area contributed by atoms with Crippen molar-refractivity contribution in [1.82, 2.24) is 15.8 Å². The molecule has 0 aromatic rings. The van der Waals surface area contributed by atoms with Crippen molar-refractivity contribution in [2.45, 2.75) is 51.4 Å². The number of amides is 1. The molecule has 0 unspecified atom stereocenters. The average molecular weight is 297 g/mol. The first-order valence-electron chi connectivity index (χ1n) is 6.60. The molecule has 1 fully saturated rings. The minimum Gasteiger partial charge on any atom is -0.443 e. The molecule has 2 N–H and O–H groups in total. The summed E-state index contributed by atoms with van der Waals surface area (Å²) in [4.78, 5) is 11.5. The number of nitrogens with one attached hydrogen (secondary N) is 2. The zero-order valence-corrected chi connectivity index (χ0v) is 12.0. The Balaban J connectivity index is 2.24. The lowest BCUT2D eigenvalue weighted by Gasteiger charge is -2.33. The normalized spacial score (nSPS) is 18.9. The molecule has 118 valence electrons. The van der Waals surface area contributed by atoms with Crippen molar-refractivity contribution < 1.29 is 22.7 Å². The van der Waals surface area contributed by atoms with Gasteiger partial charge in [0.25, 0.3) is 0 Å². The van der Waals surface area contributed by atoms with E-state index in [1.54, 1.807) is 25.8 Å². The standard InChI is InChI=1S/C12H22F3N3O2/c1-11(2,3)20-10(19)17-18-6-4-9(5-7-18)16-8-12(13,14)15/h9,16H,4-8H2,1-3H3,(H,17,19). The lowest BCUT2D eigenvalue weighted by Crippen LogP contribution is -2.52. The molecule has 0 aromatic heterocycles. The van der Waals surface area contributed by atoms with Crippen molar-refractivity contribution in [2.24, 2.45) is 0 Å². The maximum atomic E-state index is 12.1. The molecule has 0 aliphatic carbocycles. The Labute approximate surface area is 116 Å². The van der Waals surface area contributed by atoms with E-state index < -0.39 is 24.4 Å². The molecule has 20 heavy (non-hydrogen) atoms. The molecular formula is C12H22F3N3O2. The molecule has 0 radical (unpaired) electrons. The fraction of sp³-hybridized carbons (Fsp3) is 0.917. The Morgan fingerprint density at radius 2 is 1.80 bits per heavy atom. The van der Waals surface area contributed by atoms with Crippen LogP contribution < -0.4 is 10.7 Å². The van der Waals surface area contributed by atoms with Gasteiger partial charge in [-0.1, -0.05) is 0 Å². The van der Waals surface area contributed by atoms with Crippen molar-refractivity contribution in [2.75, 3.05) is 19.6 Å². The van der Waals surface area contributed by atoms with Gasteiger partial charge in [0.2, 0.25) is 0 Å². The van der Waals surface area contributed by atoms with Crippen molar-refractivity contribution in [3.8, 4) is 0 Å². The van der Waals surface area contributed by atoms with Gasteiger partial charge in [0.05, 0.1) is 6.54 Å². The molecule has 1 heterocycles. The van der Waals surface area contributed by atoms with Crippen LogP contribution in [-0.2, 0) is 4.74 Å². The maximum absolute atomic E-state index is 12.1. The van der Waals surface area contributed by atoms with Crippen LogP contribution in [0.1, 0.15) is 33.6 Å². The highest BCUT2D eigenvalue weighted by Gasteiger charge is 2.29. The first kappa shape index (κ1) is 17.0. The van der Waals surface area contributed by atoms with E-state index in [1.807, 2.05) is 0 Å². The first-order chi connectivity index (χ1) is 9.05. The molecule has 0 saturated carbocycles. The van der Waals surface area contributed by atoms with Crippen LogP contribution in [0.15, 0.2) is 0 Å². The fourth-order valence-electron chi connectivity index (χ4n) is 1.89. The minimum absolute atomic E-state index is 0.173. The number of hydrazine groups is 1. The highest BCUT2D eigenvalue weighted by Crippen LogP contribution is 2.15. The van der Waals surface area contributed by atoms with Crippen LogP contribution in [0.3, 0.4) is 0 Å². The maximum Gasteiger partial charge on any atom is 0.422 e. The van der Waals surface area contributed by atoms with Gasteiger partial charge < -0.3 is 10.1 Å². The Morgan fingerprint density at radius 3 is 2.25 bits per heavy atom. The second-order valence-corrected chi connectivity index (χ2v) is 5.87. The van der Waals surface area contributed by atoms with E-state index in [2.05, 4.69) is 10.7 Å². The number of rotatable bonds is 3. The average Bonchev–Trinajstić information content (AvgIpc) is 2.24. The zero-order valence-electron chi connectivity index (χ0n) is 12.0. The van der Waals surface area contributed by atoms with Crippen molar-refractivity contribution in [3.05, 3.63) is 0 Å². The number of alkyl halides is 3. The molecule has 0 aromatic carbocycles. The summed E-state index contributed by atoms with van der Waals surface area (Å²) in [5.74, 6) is 0. The summed E-state index contributed by atoms with van der Waals surface area (Å²) in [6, 6.07) is -0.173. The van der Waals surface area contributed by atoms with E-state index in [0.717, 1.165) is 0 Å². The zero-order chi connectivity index (χ0) is 15.4. The number of carbonyl (C=O) groups is 1. The van der Waals surface area contributed by atoms with Crippen molar-refractivity contribution >= 4 is 6.09 Å². The van der Waals surface area contributed by atoms with E-state index in [4.69, 9.17) is 4.74 Å². The number of hydrogen-bond acceptors (Lipinski definition) is 4. The Kier molecular flexibility index (Phi) is 5.64. The number of carbonyl (C=O) groups excluding carboxylic acids is 1. The molecule has 0 spiro atoms. The van der Waals surface area contributed by atoms with Gasteiger partial charge in [0.1, 0.15) is 5.60 Å². The summed E-state index contributed by atoms with van der Waals surface area (Å²) in [6.07, 6.45) is -3.64. The van der Waals surface area contributed by atoms with Gasteiger partial charge >= 0.3 is 12.3 Å². The second kappa shape index (κ2) is 6.62. The van der Waals surface area contributed by atoms with Gasteiger partial charge in [0, 0.05) is 19.1 Å². The lowest BCUT2D eigenvalue weighted by atomic mass is 10.1. The third kappa shape index (κ3) is 7.54. The number of nitrogens with zero attached hydrogens (tertiary/aromatic N) is 1. The van der Waals surface area contributed by atoms with Gasteiger partial charge in [-0.3, -0.25) is 5.43 Å². The summed E-state index contributed by atoms with van der Waals surface area (Å²) < 4.78 is 41.3. The highest BCUT2D eigenvalue weighted by atomic mass is 19.4. The number of piperidine rings is 1. The van der Waals surface area contributed by atoms with Gasteiger partial charge in [-0.05, 0) is 33.6 Å². The van der Waals surface area contributed by atoms with E-state index in [1.165, 1.54) is 0 Å². The van der Waals surface area contributed by atoms with Gasteiger partial charge in [0.15, 0.2) is 0 Å². The van der Waals surface area contributed by atoms with Crippen LogP contribution in [0.2, 0.25) is 0 Å². The molecule has 8 heteroatoms. The Morgan fingerprint density at radius 1 is 1.25 bits per heavy atom. The monoisotopic (exact) mass is 297 g/mol. The summed E-state index contributed by atoms with van der Waals surface area (Å²) >= 11 is 0. The second-order valence-electron chi connectivity index (χ2n) is 5.87. The van der Waals surface area contributed by atoms with Gasteiger partial charge in [-0.15, -0.1) is 0 Å². The van der Waals surface area contributed by atoms with E-state index in [9.17, 15) is 18.0 Å². The topological polar surface area (TPSA) is 53.6 Å². The number of halogens is 3. The predicted molar refractivity (Wildman–Crippen MR) is 68.0 cm³/mol. The summed E-state index contributed by atoms with van der Waals surface area (Å²) in [5.41, 5.74) is 2.02. The molecule has 1 rings (SSSR count). The van der Waals surface area contributed by atoms with Gasteiger partial charge in [-0.25, -0.2) is 9.80 Å². The van der Waals surface area contributed by atoms with Crippen LogP contribution in [0.5, 0.6) is 0 Å². The Bertz CT molecular complexity index is 321. The van der Waals surface area contributed by atoms with Crippen LogP contribution in [-0.4, -0.2) is 48.6 Å². The molecule has 0 bridgehead atoms. The number of ether oxygens (including phenoxy) is 1. The highest BCUT2D eigenvalue weighted by molar-refractivity contribution is 5.67. The van der Waals surface area contributed by atoms with Crippen LogP contribution in [0, 0.1) is 0 Å². The fourth-order valence-corrected chi connectivity index (χ4v) is 1.89. The largest absolute Gasteiger partial charge is 0.443 e. The summed E-state index contributed by atoms with van der Waals surface area (Å²) in [5, 5.41) is 4.14. The van der Waals surface area contributed by atoms with Gasteiger partial charge in [-0.2, -0.15) is 13.2 Å². The Hall–Kier alpha value is -1.02. The molecular weight excluding hydrogens is 275 g/mol. The van der Waals surface area contributed by atoms with E-state index >= 15 is 0 Å². The minimum atomic E-state index is -4.19. The lowest BCUT2D eigenvalue weighted by molar-refractivity contribution is -0.126. The SMILES string of the molecule is CC(C)(C)OC(=O)NN1CCC(NCC(F)(F)F)CC1. The van der Waals surface area contributed by atoms with Crippen molar-refractivity contribution in [1.29, 1.82) is 0 Å². The van der Waals surface area contributed by atoms with Crippen molar-refractivity contribution in [3.63, 3.8) is 0 Å². The van der Waals surface area contributed by atoms with E-state index in [0.29, 0.717) is 25.9 Å². The summed E-state index contributed by atoms with van der Waals surface area (Å²) in [7, 11) is 0. The first-order valence-corrected chi connectivity index (χ1v) is 6.60. The smallest absolute Gasteiger partial charge is 0.422 e. The summed E-state index contributed by atoms with van der Waals surface area (Å²) in [6.45, 7) is 5.31. The van der Waals surface area contributed by atoms with Crippen LogP contribution in [0.25, 0.3) is 0 Å². The van der Waals surface area contributed by atoms with E-state index in [-0.39, 0.29) is 6.04 Å². The molecule has 1 amide bonds. The number of hydrogen-bond donors (Lipinski definition) is 2. The quantitative estimate of drug-likeness (QED) is 0.837. The molecule has 1 aliphatic heterocycles. The molecule has 5 nitrogen and oxygen atoms in total. The molecule has 0 atom stereocenters. The predicted octanol–water partition coefficient (Wildman–Crippen LogP) is 2.04. The third-order valence-corrected chi connectivity index (χ3v) is 2.73. The molecule has 1 aliphatic rings. The molecule has 1 saturated heterocycles.